The Morgan fingerprint density at radius 1 is 0.976 bits per heavy atom. The van der Waals surface area contributed by atoms with Crippen LogP contribution in [0.15, 0.2) is 91.4 Å². The van der Waals surface area contributed by atoms with Crippen LogP contribution in [0, 0.1) is 18.7 Å². The van der Waals surface area contributed by atoms with Crippen molar-refractivity contribution >= 4 is 28.6 Å². The molecule has 9 heteroatoms. The lowest BCUT2D eigenvalue weighted by atomic mass is 9.91. The van der Waals surface area contributed by atoms with Gasteiger partial charge in [-0.3, -0.25) is 0 Å². The summed E-state index contributed by atoms with van der Waals surface area (Å²) in [6.45, 7) is 1.95. The molecule has 2 aromatic heterocycles. The van der Waals surface area contributed by atoms with Crippen LogP contribution in [0.3, 0.4) is 0 Å². The van der Waals surface area contributed by atoms with Crippen LogP contribution in [-0.2, 0) is 4.74 Å². The molecule has 1 saturated carbocycles. The lowest BCUT2D eigenvalue weighted by molar-refractivity contribution is -0.0391. The largest absolute Gasteiger partial charge is 0.453 e. The highest BCUT2D eigenvalue weighted by atomic mass is 35.5. The van der Waals surface area contributed by atoms with Crippen LogP contribution >= 0.6 is 11.6 Å². The van der Waals surface area contributed by atoms with E-state index in [1.54, 1.807) is 12.1 Å². The van der Waals surface area contributed by atoms with Crippen molar-refractivity contribution < 1.29 is 24.1 Å². The van der Waals surface area contributed by atoms with Gasteiger partial charge in [0.1, 0.15) is 29.3 Å². The normalized spacial score (nSPS) is 21.2. The number of carbonyl (C=O) groups excluding carboxylic acids is 1. The van der Waals surface area contributed by atoms with E-state index in [4.69, 9.17) is 16.3 Å². The highest BCUT2D eigenvalue weighted by molar-refractivity contribution is 6.34. The number of hydrogen-bond donors (Lipinski definition) is 2. The van der Waals surface area contributed by atoms with Crippen LogP contribution in [0.2, 0.25) is 5.15 Å². The molecule has 1 aliphatic carbocycles. The summed E-state index contributed by atoms with van der Waals surface area (Å²) in [4.78, 5) is 21.4. The van der Waals surface area contributed by atoms with E-state index in [0.29, 0.717) is 11.1 Å². The summed E-state index contributed by atoms with van der Waals surface area (Å²) < 4.78 is 22.3. The molecule has 0 spiro atoms. The first-order valence-electron chi connectivity index (χ1n) is 13.3. The number of carbonyl (C=O) groups is 1. The molecule has 0 bridgehead atoms. The van der Waals surface area contributed by atoms with Gasteiger partial charge in [-0.05, 0) is 42.2 Å². The Balaban J connectivity index is 1.31. The van der Waals surface area contributed by atoms with Gasteiger partial charge in [0.25, 0.3) is 0 Å². The Bertz CT molecular complexity index is 1690. The van der Waals surface area contributed by atoms with Gasteiger partial charge in [-0.1, -0.05) is 83.9 Å². The number of aromatic nitrogens is 3. The third-order valence-corrected chi connectivity index (χ3v) is 8.11. The fourth-order valence-corrected chi connectivity index (χ4v) is 5.87. The molecule has 0 unspecified atom stereocenters. The van der Waals surface area contributed by atoms with Crippen molar-refractivity contribution in [1.29, 1.82) is 0 Å². The summed E-state index contributed by atoms with van der Waals surface area (Å²) in [7, 11) is 0. The minimum atomic E-state index is -1.28. The number of hydrogen-bond acceptors (Lipinski definition) is 6. The number of rotatable bonds is 6. The molecular weight excluding hydrogens is 545 g/mol. The molecule has 5 atom stereocenters. The van der Waals surface area contributed by atoms with Crippen molar-refractivity contribution in [3.8, 4) is 11.1 Å². The minimum Gasteiger partial charge on any atom is -0.453 e. The van der Waals surface area contributed by atoms with E-state index in [0.717, 1.165) is 16.7 Å². The number of aliphatic hydroxyl groups excluding tert-OH is 2. The van der Waals surface area contributed by atoms with Gasteiger partial charge in [-0.2, -0.15) is 0 Å². The third kappa shape index (κ3) is 5.10. The molecule has 2 N–H and O–H groups in total. The maximum Gasteiger partial charge on any atom is 0.338 e. The second-order valence-corrected chi connectivity index (χ2v) is 10.7. The van der Waals surface area contributed by atoms with Gasteiger partial charge in [0.15, 0.2) is 5.82 Å². The van der Waals surface area contributed by atoms with Gasteiger partial charge < -0.3 is 19.5 Å². The van der Waals surface area contributed by atoms with Gasteiger partial charge in [0.05, 0.1) is 23.1 Å². The molecule has 7 nitrogen and oxygen atoms in total. The van der Waals surface area contributed by atoms with E-state index in [2.05, 4.69) is 9.97 Å². The molecule has 3 aromatic carbocycles. The molecule has 0 radical (unpaired) electrons. The topological polar surface area (TPSA) is 97.5 Å². The molecule has 6 rings (SSSR count). The molecule has 0 saturated heterocycles. The zero-order valence-corrected chi connectivity index (χ0v) is 22.8. The third-order valence-electron chi connectivity index (χ3n) is 7.83. The van der Waals surface area contributed by atoms with Crippen molar-refractivity contribution in [1.82, 2.24) is 14.5 Å². The van der Waals surface area contributed by atoms with Crippen molar-refractivity contribution in [2.45, 2.75) is 37.7 Å². The standard InChI is InChI=1S/C32H27ClFN3O4/c1-18-7-9-21(10-8-18)29(41-32(40)22-13-11-20(12-14-22)19-5-3-2-4-6-19)23-15-25(28(39)27(23)38)37-16-24(34)26-30(33)35-17-36-31(26)37/h2-14,16-17,23,25,27-29,38-39H,15H2,1H3/t23-,25+,27+,28-,29+/m0/s1. The zero-order valence-electron chi connectivity index (χ0n) is 22.1. The molecule has 41 heavy (non-hydrogen) atoms. The summed E-state index contributed by atoms with van der Waals surface area (Å²) >= 11 is 6.11. The number of aliphatic hydroxyl groups is 2. The lowest BCUT2D eigenvalue weighted by Crippen LogP contribution is -2.32. The van der Waals surface area contributed by atoms with E-state index in [1.807, 2.05) is 73.7 Å². The maximum absolute atomic E-state index is 14.8. The van der Waals surface area contributed by atoms with E-state index in [1.165, 1.54) is 17.1 Å². The van der Waals surface area contributed by atoms with Crippen LogP contribution in [-0.4, -0.2) is 42.9 Å². The zero-order chi connectivity index (χ0) is 28.7. The summed E-state index contributed by atoms with van der Waals surface area (Å²) in [5.41, 5.74) is 4.25. The molecular formula is C32H27ClFN3O4. The highest BCUT2D eigenvalue weighted by Gasteiger charge is 2.48. The van der Waals surface area contributed by atoms with E-state index in [9.17, 15) is 19.4 Å². The van der Waals surface area contributed by atoms with Crippen molar-refractivity contribution in [3.63, 3.8) is 0 Å². The first-order valence-corrected chi connectivity index (χ1v) is 13.7. The molecule has 0 amide bonds. The van der Waals surface area contributed by atoms with E-state index >= 15 is 0 Å². The van der Waals surface area contributed by atoms with Gasteiger partial charge in [0, 0.05) is 12.1 Å². The summed E-state index contributed by atoms with van der Waals surface area (Å²) in [5, 5.41) is 22.4. The Morgan fingerprint density at radius 3 is 2.37 bits per heavy atom. The fraction of sp³-hybridized carbons (Fsp3) is 0.219. The van der Waals surface area contributed by atoms with Crippen LogP contribution in [0.5, 0.6) is 0 Å². The molecule has 1 aliphatic rings. The highest BCUT2D eigenvalue weighted by Crippen LogP contribution is 2.45. The lowest BCUT2D eigenvalue weighted by Gasteiger charge is -2.27. The smallest absolute Gasteiger partial charge is 0.338 e. The maximum atomic E-state index is 14.8. The summed E-state index contributed by atoms with van der Waals surface area (Å²) in [6.07, 6.45) is -0.814. The van der Waals surface area contributed by atoms with E-state index in [-0.39, 0.29) is 22.6 Å². The Morgan fingerprint density at radius 2 is 1.66 bits per heavy atom. The number of esters is 1. The number of ether oxygens (including phenoxy) is 1. The molecule has 208 valence electrons. The first kappa shape index (κ1) is 27.1. The van der Waals surface area contributed by atoms with Gasteiger partial charge >= 0.3 is 5.97 Å². The second-order valence-electron chi connectivity index (χ2n) is 10.4. The van der Waals surface area contributed by atoms with E-state index < -0.39 is 42.1 Å². The molecule has 1 fully saturated rings. The summed E-state index contributed by atoms with van der Waals surface area (Å²) in [6, 6.07) is 23.7. The number of nitrogens with zero attached hydrogens (tertiary/aromatic N) is 3. The predicted molar refractivity (Wildman–Crippen MR) is 153 cm³/mol. The second kappa shape index (κ2) is 11.0. The SMILES string of the molecule is Cc1ccc([C@@H](OC(=O)c2ccc(-c3ccccc3)cc2)[C@H]2C[C@@H](n3cc(F)c4c(Cl)ncnc43)[C@H](O)[C@@H]2O)cc1. The number of halogens is 2. The van der Waals surface area contributed by atoms with Crippen molar-refractivity contribution in [3.05, 3.63) is 119 Å². The predicted octanol–water partition coefficient (Wildman–Crippen LogP) is 6.08. The van der Waals surface area contributed by atoms with Crippen LogP contribution in [0.1, 0.15) is 40.1 Å². The Labute approximate surface area is 240 Å². The van der Waals surface area contributed by atoms with Crippen molar-refractivity contribution in [2.75, 3.05) is 0 Å². The Hall–Kier alpha value is -4.11. The van der Waals surface area contributed by atoms with Gasteiger partial charge in [0.2, 0.25) is 0 Å². The van der Waals surface area contributed by atoms with Crippen LogP contribution < -0.4 is 0 Å². The van der Waals surface area contributed by atoms with Crippen molar-refractivity contribution in [2.24, 2.45) is 5.92 Å². The number of aryl methyl sites for hydroxylation is 1. The van der Waals surface area contributed by atoms with Gasteiger partial charge in [-0.25, -0.2) is 19.2 Å². The first-order chi connectivity index (χ1) is 19.8. The number of benzene rings is 3. The molecule has 5 aromatic rings. The Kier molecular flexibility index (Phi) is 7.30. The average Bonchev–Trinajstić information content (AvgIpc) is 3.48. The monoisotopic (exact) mass is 571 g/mol. The minimum absolute atomic E-state index is 0.0411. The molecule has 2 heterocycles. The fourth-order valence-electron chi connectivity index (χ4n) is 5.65. The van der Waals surface area contributed by atoms with Crippen LogP contribution in [0.4, 0.5) is 4.39 Å². The van der Waals surface area contributed by atoms with Crippen LogP contribution in [0.25, 0.3) is 22.2 Å². The molecule has 0 aliphatic heterocycles. The average molecular weight is 572 g/mol. The number of fused-ring (bicyclic) bond motifs is 1. The quantitative estimate of drug-likeness (QED) is 0.189. The summed E-state index contributed by atoms with van der Waals surface area (Å²) in [5.74, 6) is -1.88. The van der Waals surface area contributed by atoms with Gasteiger partial charge in [-0.15, -0.1) is 0 Å².